The first-order valence-corrected chi connectivity index (χ1v) is 4.85. The molecule has 5 nitrogen and oxygen atoms in total. The summed E-state index contributed by atoms with van der Waals surface area (Å²) < 4.78 is 1.85. The molecule has 0 aliphatic rings. The van der Waals surface area contributed by atoms with Gasteiger partial charge in [-0.3, -0.25) is 4.68 Å². The first-order valence-electron chi connectivity index (χ1n) is 4.85. The number of aryl methyl sites for hydroxylation is 1. The van der Waals surface area contributed by atoms with Crippen molar-refractivity contribution in [1.82, 2.24) is 20.0 Å². The molecule has 0 aliphatic heterocycles. The van der Waals surface area contributed by atoms with Crippen LogP contribution in [0.15, 0.2) is 30.9 Å². The third-order valence-electron chi connectivity index (χ3n) is 2.30. The van der Waals surface area contributed by atoms with E-state index in [9.17, 15) is 0 Å². The van der Waals surface area contributed by atoms with Crippen LogP contribution in [0.1, 0.15) is 24.1 Å². The molecule has 2 heterocycles. The number of nitrogens with zero attached hydrogens (tertiary/aromatic N) is 4. The molecular formula is C10H13N5. The quantitative estimate of drug-likeness (QED) is 0.798. The van der Waals surface area contributed by atoms with Crippen molar-refractivity contribution in [3.8, 4) is 0 Å². The molecule has 0 bridgehead atoms. The summed E-state index contributed by atoms with van der Waals surface area (Å²) in [7, 11) is 0. The van der Waals surface area contributed by atoms with Crippen molar-refractivity contribution in [2.75, 3.05) is 0 Å². The summed E-state index contributed by atoms with van der Waals surface area (Å²) in [5.41, 5.74) is 8.00. The molecule has 0 saturated carbocycles. The van der Waals surface area contributed by atoms with Crippen molar-refractivity contribution in [3.05, 3.63) is 42.0 Å². The Kier molecular flexibility index (Phi) is 2.73. The maximum absolute atomic E-state index is 6.06. The number of rotatable bonds is 3. The van der Waals surface area contributed by atoms with Crippen LogP contribution in [-0.2, 0) is 6.54 Å². The van der Waals surface area contributed by atoms with Crippen LogP contribution in [0, 0.1) is 0 Å². The largest absolute Gasteiger partial charge is 0.320 e. The fourth-order valence-electron chi connectivity index (χ4n) is 1.39. The van der Waals surface area contributed by atoms with Crippen molar-refractivity contribution < 1.29 is 0 Å². The predicted octanol–water partition coefficient (Wildman–Crippen LogP) is 0.741. The van der Waals surface area contributed by atoms with Gasteiger partial charge in [0.25, 0.3) is 0 Å². The zero-order chi connectivity index (χ0) is 10.7. The highest BCUT2D eigenvalue weighted by molar-refractivity contribution is 5.24. The average molecular weight is 203 g/mol. The summed E-state index contributed by atoms with van der Waals surface area (Å²) >= 11 is 0. The van der Waals surface area contributed by atoms with Crippen LogP contribution in [0.2, 0.25) is 0 Å². The summed E-state index contributed by atoms with van der Waals surface area (Å²) in [6.07, 6.45) is 7.05. The summed E-state index contributed by atoms with van der Waals surface area (Å²) in [5.74, 6) is 0. The van der Waals surface area contributed by atoms with E-state index in [1.165, 1.54) is 0 Å². The highest BCUT2D eigenvalue weighted by Crippen LogP contribution is 2.16. The van der Waals surface area contributed by atoms with Gasteiger partial charge in [0.05, 0.1) is 18.4 Å². The molecule has 0 fully saturated rings. The highest BCUT2D eigenvalue weighted by Gasteiger charge is 2.10. The molecule has 2 aromatic rings. The Morgan fingerprint density at radius 1 is 1.33 bits per heavy atom. The van der Waals surface area contributed by atoms with Gasteiger partial charge in [-0.2, -0.15) is 15.3 Å². The Labute approximate surface area is 87.9 Å². The van der Waals surface area contributed by atoms with E-state index in [1.54, 1.807) is 18.6 Å². The van der Waals surface area contributed by atoms with E-state index in [1.807, 2.05) is 23.9 Å². The normalized spacial score (nSPS) is 12.7. The first kappa shape index (κ1) is 9.79. The van der Waals surface area contributed by atoms with Gasteiger partial charge >= 0.3 is 0 Å². The van der Waals surface area contributed by atoms with Crippen molar-refractivity contribution in [2.24, 2.45) is 5.73 Å². The summed E-state index contributed by atoms with van der Waals surface area (Å²) in [6.45, 7) is 2.89. The first-order chi connectivity index (χ1) is 7.31. The van der Waals surface area contributed by atoms with Crippen LogP contribution < -0.4 is 5.73 Å². The third-order valence-corrected chi connectivity index (χ3v) is 2.30. The Balaban J connectivity index is 2.24. The van der Waals surface area contributed by atoms with Crippen LogP contribution in [0.4, 0.5) is 0 Å². The lowest BCUT2D eigenvalue weighted by atomic mass is 10.1. The predicted molar refractivity (Wildman–Crippen MR) is 56.0 cm³/mol. The minimum atomic E-state index is -0.180. The molecule has 0 aromatic carbocycles. The average Bonchev–Trinajstić information content (AvgIpc) is 2.78. The molecule has 2 aromatic heterocycles. The topological polar surface area (TPSA) is 69.6 Å². The van der Waals surface area contributed by atoms with Gasteiger partial charge in [-0.15, -0.1) is 0 Å². The lowest BCUT2D eigenvalue weighted by Crippen LogP contribution is -2.11. The zero-order valence-electron chi connectivity index (χ0n) is 8.54. The maximum atomic E-state index is 6.06. The second-order valence-electron chi connectivity index (χ2n) is 3.28. The van der Waals surface area contributed by atoms with Crippen LogP contribution >= 0.6 is 0 Å². The monoisotopic (exact) mass is 203 g/mol. The maximum Gasteiger partial charge on any atom is 0.0599 e. The lowest BCUT2D eigenvalue weighted by Gasteiger charge is -2.07. The van der Waals surface area contributed by atoms with Gasteiger partial charge in [-0.05, 0) is 18.6 Å². The Morgan fingerprint density at radius 2 is 2.20 bits per heavy atom. The molecule has 78 valence electrons. The third kappa shape index (κ3) is 2.02. The minimum Gasteiger partial charge on any atom is -0.320 e. The zero-order valence-corrected chi connectivity index (χ0v) is 8.54. The fraction of sp³-hybridized carbons (Fsp3) is 0.300. The van der Waals surface area contributed by atoms with E-state index in [0.717, 1.165) is 17.7 Å². The molecule has 0 spiro atoms. The molecule has 2 N–H and O–H groups in total. The molecule has 1 unspecified atom stereocenters. The Hall–Kier alpha value is -1.75. The molecule has 2 rings (SSSR count). The summed E-state index contributed by atoms with van der Waals surface area (Å²) in [4.78, 5) is 0. The summed E-state index contributed by atoms with van der Waals surface area (Å²) in [5, 5.41) is 11.7. The van der Waals surface area contributed by atoms with Crippen LogP contribution in [0.25, 0.3) is 0 Å². The number of nitrogens with two attached hydrogens (primary N) is 1. The standard InChI is InChI=1S/C10H13N5/c1-2-15-7-9(6-14-15)10(11)8-3-4-12-13-5-8/h3-7,10H,2,11H2,1H3. The molecule has 15 heavy (non-hydrogen) atoms. The molecule has 0 radical (unpaired) electrons. The van der Waals surface area contributed by atoms with E-state index in [0.29, 0.717) is 0 Å². The van der Waals surface area contributed by atoms with Crippen LogP contribution in [0.3, 0.4) is 0 Å². The van der Waals surface area contributed by atoms with Crippen molar-refractivity contribution in [3.63, 3.8) is 0 Å². The smallest absolute Gasteiger partial charge is 0.0599 e. The van der Waals surface area contributed by atoms with Gasteiger partial charge < -0.3 is 5.73 Å². The lowest BCUT2D eigenvalue weighted by molar-refractivity contribution is 0.658. The molecule has 0 amide bonds. The van der Waals surface area contributed by atoms with Gasteiger partial charge in [0.15, 0.2) is 0 Å². The highest BCUT2D eigenvalue weighted by atomic mass is 15.3. The van der Waals surface area contributed by atoms with Crippen molar-refractivity contribution in [1.29, 1.82) is 0 Å². The van der Waals surface area contributed by atoms with Crippen molar-refractivity contribution >= 4 is 0 Å². The fourth-order valence-corrected chi connectivity index (χ4v) is 1.39. The van der Waals surface area contributed by atoms with Crippen LogP contribution in [-0.4, -0.2) is 20.0 Å². The number of hydrogen-bond donors (Lipinski definition) is 1. The van der Waals surface area contributed by atoms with Gasteiger partial charge in [0.1, 0.15) is 0 Å². The van der Waals surface area contributed by atoms with E-state index in [-0.39, 0.29) is 6.04 Å². The molecular weight excluding hydrogens is 190 g/mol. The Morgan fingerprint density at radius 3 is 2.80 bits per heavy atom. The molecule has 1 atom stereocenters. The second kappa shape index (κ2) is 4.18. The molecule has 5 heteroatoms. The second-order valence-corrected chi connectivity index (χ2v) is 3.28. The number of aromatic nitrogens is 4. The number of hydrogen-bond acceptors (Lipinski definition) is 4. The summed E-state index contributed by atoms with van der Waals surface area (Å²) in [6, 6.07) is 1.68. The molecule has 0 aliphatic carbocycles. The van der Waals surface area contributed by atoms with Gasteiger partial charge in [0.2, 0.25) is 0 Å². The Bertz CT molecular complexity index is 422. The molecule has 0 saturated heterocycles. The van der Waals surface area contributed by atoms with Gasteiger partial charge in [-0.25, -0.2) is 0 Å². The van der Waals surface area contributed by atoms with Crippen LogP contribution in [0.5, 0.6) is 0 Å². The van der Waals surface area contributed by atoms with E-state index >= 15 is 0 Å². The SMILES string of the molecule is CCn1cc(C(N)c2ccnnc2)cn1. The van der Waals surface area contributed by atoms with E-state index in [2.05, 4.69) is 15.3 Å². The van der Waals surface area contributed by atoms with Gasteiger partial charge in [0, 0.05) is 24.5 Å². The van der Waals surface area contributed by atoms with E-state index in [4.69, 9.17) is 5.73 Å². The van der Waals surface area contributed by atoms with Gasteiger partial charge in [-0.1, -0.05) is 0 Å². The van der Waals surface area contributed by atoms with Crippen molar-refractivity contribution in [2.45, 2.75) is 19.5 Å². The minimum absolute atomic E-state index is 0.180. The van der Waals surface area contributed by atoms with E-state index < -0.39 is 0 Å².